The van der Waals surface area contributed by atoms with E-state index in [1.54, 1.807) is 36.6 Å². The van der Waals surface area contributed by atoms with E-state index in [1.807, 2.05) is 44.4 Å². The summed E-state index contributed by atoms with van der Waals surface area (Å²) in [6, 6.07) is 8.25. The van der Waals surface area contributed by atoms with Crippen LogP contribution >= 0.6 is 22.7 Å². The fourth-order valence-corrected chi connectivity index (χ4v) is 6.75. The van der Waals surface area contributed by atoms with E-state index in [4.69, 9.17) is 11.5 Å². The summed E-state index contributed by atoms with van der Waals surface area (Å²) >= 11 is 2.80. The number of hydrogen-bond acceptors (Lipinski definition) is 9. The van der Waals surface area contributed by atoms with Crippen molar-refractivity contribution in [2.45, 2.75) is 84.0 Å². The molecule has 4 amide bonds. The fraction of sp³-hybridized carbons (Fsp3) is 0.457. The maximum Gasteiger partial charge on any atom is 0.326 e. The number of nitrogens with zero attached hydrogens (tertiary/aromatic N) is 2. The number of aliphatic imine (C=N–C) groups is 1. The Bertz CT molecular complexity index is 1630. The summed E-state index contributed by atoms with van der Waals surface area (Å²) < 4.78 is 0. The standard InChI is InChI=1S/C35H48N8O6S2/c1-5-21(4)28(32(47)41-25(34(48)49)18-22-11-7-6-8-12-22)43-30(45)24(17-20(2)3)40-29(44)23(13-9-15-38-35(36)37)39-31(46)26-19-51-33(42-26)27-14-10-16-50-27/h6-8,10-12,14,16,19-21,23-25,28H,5,9,13,15,17-18H2,1-4H3,(H,39,46)(H,40,44)(H,41,47)(H,43,45)(H,48,49)(H4,36,37,38)/t21-,23-,24-,25-,28-/m0/s1. The molecule has 14 nitrogen and oxygen atoms in total. The first kappa shape index (κ1) is 40.6. The molecule has 0 spiro atoms. The smallest absolute Gasteiger partial charge is 0.326 e. The quantitative estimate of drug-likeness (QED) is 0.0512. The molecule has 0 fully saturated rings. The van der Waals surface area contributed by atoms with Gasteiger partial charge in [-0.15, -0.1) is 22.7 Å². The molecule has 2 heterocycles. The van der Waals surface area contributed by atoms with E-state index in [0.29, 0.717) is 17.8 Å². The van der Waals surface area contributed by atoms with Crippen LogP contribution in [0.5, 0.6) is 0 Å². The lowest BCUT2D eigenvalue weighted by atomic mass is 9.96. The van der Waals surface area contributed by atoms with Crippen LogP contribution in [-0.4, -0.2) is 76.4 Å². The van der Waals surface area contributed by atoms with Crippen LogP contribution in [0, 0.1) is 11.8 Å². The minimum absolute atomic E-state index is 0.0419. The molecule has 51 heavy (non-hydrogen) atoms. The Morgan fingerprint density at radius 1 is 0.863 bits per heavy atom. The van der Waals surface area contributed by atoms with E-state index in [9.17, 15) is 29.1 Å². The number of hydrogen-bond donors (Lipinski definition) is 7. The van der Waals surface area contributed by atoms with E-state index in [0.717, 1.165) is 10.4 Å². The van der Waals surface area contributed by atoms with E-state index in [2.05, 4.69) is 31.2 Å². The molecule has 5 atom stereocenters. The van der Waals surface area contributed by atoms with Crippen molar-refractivity contribution in [1.29, 1.82) is 0 Å². The molecule has 3 aromatic rings. The van der Waals surface area contributed by atoms with Gasteiger partial charge in [-0.25, -0.2) is 9.78 Å². The van der Waals surface area contributed by atoms with Gasteiger partial charge < -0.3 is 37.8 Å². The third kappa shape index (κ3) is 13.1. The highest BCUT2D eigenvalue weighted by Gasteiger charge is 2.34. The molecule has 0 aliphatic carbocycles. The molecule has 0 saturated carbocycles. The Labute approximate surface area is 305 Å². The normalized spacial score (nSPS) is 14.0. The molecule has 3 rings (SSSR count). The predicted octanol–water partition coefficient (Wildman–Crippen LogP) is 2.90. The van der Waals surface area contributed by atoms with Gasteiger partial charge in [-0.1, -0.05) is 70.5 Å². The first-order valence-electron chi connectivity index (χ1n) is 16.8. The third-order valence-electron chi connectivity index (χ3n) is 8.07. The van der Waals surface area contributed by atoms with Gasteiger partial charge in [0, 0.05) is 18.3 Å². The molecule has 1 aromatic carbocycles. The van der Waals surface area contributed by atoms with Gasteiger partial charge in [0.15, 0.2) is 5.96 Å². The summed E-state index contributed by atoms with van der Waals surface area (Å²) in [5.41, 5.74) is 11.8. The number of carbonyl (C=O) groups excluding carboxylic acids is 4. The number of rotatable bonds is 20. The van der Waals surface area contributed by atoms with Gasteiger partial charge in [0.05, 0.1) is 4.88 Å². The van der Waals surface area contributed by atoms with Crippen LogP contribution in [0.15, 0.2) is 58.2 Å². The molecular formula is C35H48N8O6S2. The molecule has 276 valence electrons. The number of carboxylic acids is 1. The Kier molecular flexibility index (Phi) is 16.0. The summed E-state index contributed by atoms with van der Waals surface area (Å²) in [4.78, 5) is 75.8. The zero-order valence-corrected chi connectivity index (χ0v) is 30.9. The van der Waals surface area contributed by atoms with Crippen LogP contribution in [0.3, 0.4) is 0 Å². The van der Waals surface area contributed by atoms with Crippen molar-refractivity contribution in [3.05, 3.63) is 64.5 Å². The highest BCUT2D eigenvalue weighted by molar-refractivity contribution is 7.20. The average molecular weight is 741 g/mol. The number of thiophene rings is 1. The van der Waals surface area contributed by atoms with Gasteiger partial charge in [0.1, 0.15) is 34.9 Å². The summed E-state index contributed by atoms with van der Waals surface area (Å²) in [6.07, 6.45) is 1.29. The topological polar surface area (TPSA) is 231 Å². The van der Waals surface area contributed by atoms with Crippen molar-refractivity contribution in [1.82, 2.24) is 26.3 Å². The molecule has 0 bridgehead atoms. The minimum atomic E-state index is -1.23. The van der Waals surface area contributed by atoms with Crippen molar-refractivity contribution in [2.75, 3.05) is 6.54 Å². The maximum atomic E-state index is 13.8. The number of guanidine groups is 1. The Hall–Kier alpha value is -4.83. The highest BCUT2D eigenvalue weighted by Crippen LogP contribution is 2.27. The number of aromatic nitrogens is 1. The lowest BCUT2D eigenvalue weighted by Gasteiger charge is -2.29. The first-order chi connectivity index (χ1) is 24.3. The fourth-order valence-electron chi connectivity index (χ4n) is 5.14. The number of carbonyl (C=O) groups is 5. The Morgan fingerprint density at radius 3 is 2.16 bits per heavy atom. The highest BCUT2D eigenvalue weighted by atomic mass is 32.1. The van der Waals surface area contributed by atoms with Crippen LogP contribution in [-0.2, 0) is 25.6 Å². The second kappa shape index (κ2) is 20.1. The van der Waals surface area contributed by atoms with E-state index in [1.165, 1.54) is 22.7 Å². The molecule has 0 aliphatic rings. The van der Waals surface area contributed by atoms with Crippen molar-refractivity contribution in [3.8, 4) is 9.88 Å². The monoisotopic (exact) mass is 740 g/mol. The molecule has 2 aromatic heterocycles. The second-order valence-corrected chi connectivity index (χ2v) is 14.4. The van der Waals surface area contributed by atoms with Crippen molar-refractivity contribution in [2.24, 2.45) is 28.3 Å². The molecular weight excluding hydrogens is 693 g/mol. The number of nitrogens with one attached hydrogen (secondary N) is 4. The summed E-state index contributed by atoms with van der Waals surface area (Å²) in [5.74, 6) is -4.15. The lowest BCUT2D eigenvalue weighted by molar-refractivity contribution is -0.142. The molecule has 16 heteroatoms. The van der Waals surface area contributed by atoms with E-state index < -0.39 is 53.8 Å². The van der Waals surface area contributed by atoms with Crippen LogP contribution < -0.4 is 32.7 Å². The SMILES string of the molecule is CC[C@H](C)[C@H](NC(=O)[C@H](CC(C)C)NC(=O)[C@H](CCCN=C(N)N)NC(=O)c1csc(-c2cccs2)n1)C(=O)N[C@@H](Cc1ccccc1)C(=O)O. The van der Waals surface area contributed by atoms with Gasteiger partial charge >= 0.3 is 5.97 Å². The van der Waals surface area contributed by atoms with Gasteiger partial charge in [-0.3, -0.25) is 24.2 Å². The number of benzene rings is 1. The summed E-state index contributed by atoms with van der Waals surface area (Å²) in [7, 11) is 0. The third-order valence-corrected chi connectivity index (χ3v) is 9.95. The number of nitrogens with two attached hydrogens (primary N) is 2. The van der Waals surface area contributed by atoms with Crippen molar-refractivity contribution < 1.29 is 29.1 Å². The second-order valence-electron chi connectivity index (χ2n) is 12.6. The molecule has 0 radical (unpaired) electrons. The van der Waals surface area contributed by atoms with Crippen LogP contribution in [0.25, 0.3) is 9.88 Å². The Balaban J connectivity index is 1.78. The molecule has 0 unspecified atom stereocenters. The van der Waals surface area contributed by atoms with Gasteiger partial charge in [0.2, 0.25) is 17.7 Å². The summed E-state index contributed by atoms with van der Waals surface area (Å²) in [5, 5.41) is 25.0. The van der Waals surface area contributed by atoms with E-state index in [-0.39, 0.29) is 49.3 Å². The van der Waals surface area contributed by atoms with Crippen LogP contribution in [0.4, 0.5) is 0 Å². The van der Waals surface area contributed by atoms with Crippen molar-refractivity contribution in [3.63, 3.8) is 0 Å². The average Bonchev–Trinajstić information content (AvgIpc) is 3.81. The first-order valence-corrected chi connectivity index (χ1v) is 18.6. The maximum absolute atomic E-state index is 13.8. The van der Waals surface area contributed by atoms with E-state index >= 15 is 0 Å². The predicted molar refractivity (Wildman–Crippen MR) is 199 cm³/mol. The van der Waals surface area contributed by atoms with Gasteiger partial charge in [-0.2, -0.15) is 0 Å². The van der Waals surface area contributed by atoms with Crippen LogP contribution in [0.2, 0.25) is 0 Å². The number of amides is 4. The van der Waals surface area contributed by atoms with Crippen LogP contribution in [0.1, 0.15) is 69.4 Å². The zero-order valence-electron chi connectivity index (χ0n) is 29.3. The molecule has 0 saturated heterocycles. The van der Waals surface area contributed by atoms with Crippen molar-refractivity contribution >= 4 is 58.2 Å². The number of aliphatic carboxylic acids is 1. The Morgan fingerprint density at radius 2 is 1.55 bits per heavy atom. The number of thiazole rings is 1. The molecule has 9 N–H and O–H groups in total. The zero-order chi connectivity index (χ0) is 37.5. The lowest BCUT2D eigenvalue weighted by Crippen LogP contribution is -2.59. The minimum Gasteiger partial charge on any atom is -0.480 e. The largest absolute Gasteiger partial charge is 0.480 e. The van der Waals surface area contributed by atoms with Gasteiger partial charge in [-0.05, 0) is 48.1 Å². The molecule has 0 aliphatic heterocycles. The summed E-state index contributed by atoms with van der Waals surface area (Å²) in [6.45, 7) is 7.61. The van der Waals surface area contributed by atoms with Gasteiger partial charge in [0.25, 0.3) is 5.91 Å². The number of carboxylic acid groups (broad SMARTS) is 1.